The Bertz CT molecular complexity index is 58.0. The van der Waals surface area contributed by atoms with Crippen LogP contribution in [0.2, 0.25) is 0 Å². The summed E-state index contributed by atoms with van der Waals surface area (Å²) in [5.74, 6) is 2.97. The molecule has 1 aliphatic rings. The van der Waals surface area contributed by atoms with Crippen molar-refractivity contribution in [2.24, 2.45) is 0 Å². The molecule has 0 saturated carbocycles. The monoisotopic (exact) mass is 88.0 g/mol. The molecule has 0 amide bonds. The maximum absolute atomic E-state index is 2.31. The van der Waals surface area contributed by atoms with Crippen molar-refractivity contribution >= 4 is 15.9 Å². The van der Waals surface area contributed by atoms with E-state index in [9.17, 15) is 0 Å². The van der Waals surface area contributed by atoms with Crippen LogP contribution in [0.15, 0.2) is 0 Å². The van der Waals surface area contributed by atoms with Gasteiger partial charge in [0.25, 0.3) is 0 Å². The molecule has 5 heavy (non-hydrogen) atoms. The van der Waals surface area contributed by atoms with Crippen LogP contribution in [0, 0.1) is 0 Å². The number of rotatable bonds is 0. The van der Waals surface area contributed by atoms with Crippen molar-refractivity contribution < 1.29 is 0 Å². The van der Waals surface area contributed by atoms with Gasteiger partial charge >= 0.3 is 0 Å². The molecule has 0 spiro atoms. The molecule has 0 bridgehead atoms. The van der Waals surface area contributed by atoms with Crippen molar-refractivity contribution in [1.29, 1.82) is 0 Å². The minimum atomic E-state index is 0.802. The van der Waals surface area contributed by atoms with Gasteiger partial charge in [-0.3, -0.25) is 0 Å². The molecular formula is C4H8S. The third-order valence-electron chi connectivity index (χ3n) is 0.773. The van der Waals surface area contributed by atoms with Gasteiger partial charge in [-0.05, 0) is 18.4 Å². The van der Waals surface area contributed by atoms with Gasteiger partial charge in [0.15, 0.2) is 0 Å². The Kier molecular flexibility index (Phi) is 0.772. The third-order valence-corrected chi connectivity index (χ3v) is 2.32. The molecule has 0 nitrogen and oxygen atoms in total. The van der Waals surface area contributed by atoms with Crippen molar-refractivity contribution in [1.82, 2.24) is 0 Å². The molecule has 0 aromatic heterocycles. The van der Waals surface area contributed by atoms with E-state index in [1.807, 2.05) is 0 Å². The summed E-state index contributed by atoms with van der Waals surface area (Å²) in [6, 6.07) is 0. The van der Waals surface area contributed by atoms with Gasteiger partial charge in [0.05, 0.1) is 0 Å². The van der Waals surface area contributed by atoms with E-state index < -0.39 is 0 Å². The predicted molar refractivity (Wildman–Crippen MR) is 29.1 cm³/mol. The molecule has 0 aliphatic carbocycles. The molecule has 30 valence electrons. The van der Waals surface area contributed by atoms with Crippen molar-refractivity contribution in [2.45, 2.75) is 6.92 Å². The number of hydrogen-bond acceptors (Lipinski definition) is 0. The second kappa shape index (κ2) is 1.13. The summed E-state index contributed by atoms with van der Waals surface area (Å²) in [4.78, 5) is 0. The van der Waals surface area contributed by atoms with Crippen LogP contribution < -0.4 is 0 Å². The molecule has 1 heteroatoms. The van der Waals surface area contributed by atoms with Crippen LogP contribution in [0.25, 0.3) is 0 Å². The highest BCUT2D eigenvalue weighted by atomic mass is 32.2. The fourth-order valence-corrected chi connectivity index (χ4v) is 1.14. The second-order valence-electron chi connectivity index (χ2n) is 1.18. The Hall–Kier alpha value is 0.220. The Morgan fingerprint density at radius 1 is 1.60 bits per heavy atom. The van der Waals surface area contributed by atoms with Gasteiger partial charge < -0.3 is 0 Å². The predicted octanol–water partition coefficient (Wildman–Crippen LogP) is 1.09. The average molecular weight is 88.2 g/mol. The van der Waals surface area contributed by atoms with Crippen LogP contribution in [0.1, 0.15) is 6.92 Å². The second-order valence-corrected chi connectivity index (χ2v) is 3.54. The lowest BCUT2D eigenvalue weighted by Gasteiger charge is -1.56. The lowest BCUT2D eigenvalue weighted by molar-refractivity contribution is 1.75. The van der Waals surface area contributed by atoms with E-state index in [1.54, 1.807) is 0 Å². The highest BCUT2D eigenvalue weighted by Gasteiger charge is 2.04. The molecule has 1 saturated heterocycles. The molecule has 0 N–H and O–H groups in total. The first-order valence-corrected chi connectivity index (χ1v) is 3.52. The molecule has 0 radical (unpaired) electrons. The summed E-state index contributed by atoms with van der Waals surface area (Å²) in [5, 5.41) is 2.31. The zero-order valence-corrected chi connectivity index (χ0v) is 4.22. The standard InChI is InChI=1S/C4H8S/c1-2-5-3-4-5/h2H,3-4H2,1H3. The van der Waals surface area contributed by atoms with E-state index >= 15 is 0 Å². The van der Waals surface area contributed by atoms with E-state index in [2.05, 4.69) is 12.3 Å². The van der Waals surface area contributed by atoms with Crippen molar-refractivity contribution in [3.05, 3.63) is 0 Å². The van der Waals surface area contributed by atoms with Crippen molar-refractivity contribution in [3.63, 3.8) is 0 Å². The molecule has 1 rings (SSSR count). The largest absolute Gasteiger partial charge is 0.188 e. The SMILES string of the molecule is CC=S1CC1. The lowest BCUT2D eigenvalue weighted by atomic mass is 11.0. The maximum Gasteiger partial charge on any atom is -0.00334 e. The van der Waals surface area contributed by atoms with Crippen LogP contribution >= 0.6 is 10.5 Å². The first-order chi connectivity index (χ1) is 2.43. The summed E-state index contributed by atoms with van der Waals surface area (Å²) in [5.41, 5.74) is 0. The minimum absolute atomic E-state index is 0.802. The summed E-state index contributed by atoms with van der Waals surface area (Å²) in [6.45, 7) is 2.15. The van der Waals surface area contributed by atoms with Gasteiger partial charge in [0, 0.05) is 0 Å². The minimum Gasteiger partial charge on any atom is -0.188 e. The Morgan fingerprint density at radius 2 is 2.20 bits per heavy atom. The lowest BCUT2D eigenvalue weighted by Crippen LogP contribution is -1.38. The summed E-state index contributed by atoms with van der Waals surface area (Å²) < 4.78 is 0. The van der Waals surface area contributed by atoms with Gasteiger partial charge in [0.2, 0.25) is 0 Å². The summed E-state index contributed by atoms with van der Waals surface area (Å²) in [7, 11) is 0.802. The van der Waals surface area contributed by atoms with E-state index in [0.717, 1.165) is 10.5 Å². The zero-order chi connectivity index (χ0) is 3.70. The van der Waals surface area contributed by atoms with Gasteiger partial charge in [-0.1, -0.05) is 5.37 Å². The van der Waals surface area contributed by atoms with Crippen LogP contribution in [0.3, 0.4) is 0 Å². The first kappa shape index (κ1) is 3.41. The van der Waals surface area contributed by atoms with Crippen LogP contribution in [0.4, 0.5) is 0 Å². The number of hydrogen-bond donors (Lipinski definition) is 0. The molecule has 0 aromatic carbocycles. The molecule has 0 unspecified atom stereocenters. The molecule has 0 atom stereocenters. The highest BCUT2D eigenvalue weighted by molar-refractivity contribution is 8.21. The Morgan fingerprint density at radius 3 is 2.20 bits per heavy atom. The fourth-order valence-electron chi connectivity index (χ4n) is 0.284. The molecule has 1 heterocycles. The van der Waals surface area contributed by atoms with E-state index in [-0.39, 0.29) is 0 Å². The first-order valence-electron chi connectivity index (χ1n) is 1.89. The van der Waals surface area contributed by atoms with E-state index in [0.29, 0.717) is 0 Å². The average Bonchev–Trinajstić information content (AvgIpc) is 2.12. The third kappa shape index (κ3) is 0.763. The zero-order valence-electron chi connectivity index (χ0n) is 3.40. The Labute approximate surface area is 35.1 Å². The van der Waals surface area contributed by atoms with Crippen LogP contribution in [-0.4, -0.2) is 16.9 Å². The summed E-state index contributed by atoms with van der Waals surface area (Å²) >= 11 is 0. The molecule has 1 fully saturated rings. The molecule has 1 aliphatic heterocycles. The fraction of sp³-hybridized carbons (Fsp3) is 0.750. The smallest absolute Gasteiger partial charge is 0.00334 e. The van der Waals surface area contributed by atoms with Crippen LogP contribution in [0.5, 0.6) is 0 Å². The maximum atomic E-state index is 2.31. The topological polar surface area (TPSA) is 0 Å². The Balaban J connectivity index is 2.46. The quantitative estimate of drug-likeness (QED) is 0.307. The van der Waals surface area contributed by atoms with Gasteiger partial charge in [-0.15, -0.1) is 0 Å². The van der Waals surface area contributed by atoms with E-state index in [4.69, 9.17) is 0 Å². The normalized spacial score (nSPS) is 22.6. The van der Waals surface area contributed by atoms with Crippen molar-refractivity contribution in [2.75, 3.05) is 11.5 Å². The molecular weight excluding hydrogens is 80.1 g/mol. The van der Waals surface area contributed by atoms with Gasteiger partial charge in [-0.25, -0.2) is 0 Å². The molecule has 0 aromatic rings. The van der Waals surface area contributed by atoms with Gasteiger partial charge in [-0.2, -0.15) is 10.5 Å². The van der Waals surface area contributed by atoms with Crippen molar-refractivity contribution in [3.8, 4) is 0 Å². The van der Waals surface area contributed by atoms with E-state index in [1.165, 1.54) is 11.5 Å². The summed E-state index contributed by atoms with van der Waals surface area (Å²) in [6.07, 6.45) is 0. The highest BCUT2D eigenvalue weighted by Crippen LogP contribution is 2.26. The van der Waals surface area contributed by atoms with Gasteiger partial charge in [0.1, 0.15) is 0 Å². The van der Waals surface area contributed by atoms with Crippen LogP contribution in [-0.2, 0) is 0 Å².